The monoisotopic (exact) mass is 323 g/mol. The Morgan fingerprint density at radius 3 is 2.57 bits per heavy atom. The molecule has 8 heteroatoms. The molecule has 0 aliphatic heterocycles. The number of carbonyl (C=O) groups is 1. The smallest absolute Gasteiger partial charge is 0.319 e. The lowest BCUT2D eigenvalue weighted by atomic mass is 10.2. The Balaban J connectivity index is 2.28. The van der Waals surface area contributed by atoms with E-state index in [0.717, 1.165) is 4.90 Å². The second-order valence-electron chi connectivity index (χ2n) is 3.94. The molecule has 108 valence electrons. The number of nitrogens with one attached hydrogen (secondary N) is 1. The Hall–Kier alpha value is -2.12. The summed E-state index contributed by atoms with van der Waals surface area (Å²) in [5, 5.41) is 13.3. The standard InChI is InChI=1S/C13H10ClN3O3S/c1-21-9-4-2-8(3-5-9)16-13(18)10-6-7-15-12(14)11(10)17(19)20/h2-7H,1H3,(H,16,18). The molecule has 0 radical (unpaired) electrons. The highest BCUT2D eigenvalue weighted by Gasteiger charge is 2.24. The van der Waals surface area contributed by atoms with Crippen LogP contribution in [0, 0.1) is 10.1 Å². The number of amides is 1. The minimum atomic E-state index is -0.721. The Morgan fingerprint density at radius 1 is 1.33 bits per heavy atom. The predicted molar refractivity (Wildman–Crippen MR) is 82.1 cm³/mol. The summed E-state index contributed by atoms with van der Waals surface area (Å²) in [6, 6.07) is 8.38. The van der Waals surface area contributed by atoms with E-state index in [4.69, 9.17) is 11.6 Å². The summed E-state index contributed by atoms with van der Waals surface area (Å²) < 4.78 is 0. The highest BCUT2D eigenvalue weighted by Crippen LogP contribution is 2.27. The summed E-state index contributed by atoms with van der Waals surface area (Å²) in [4.78, 5) is 27.1. The Labute approximate surface area is 129 Å². The van der Waals surface area contributed by atoms with Crippen LogP contribution in [0.2, 0.25) is 5.15 Å². The molecule has 0 atom stereocenters. The minimum absolute atomic E-state index is 0.131. The molecule has 21 heavy (non-hydrogen) atoms. The van der Waals surface area contributed by atoms with E-state index in [-0.39, 0.29) is 10.7 Å². The molecule has 2 aromatic rings. The van der Waals surface area contributed by atoms with Crippen molar-refractivity contribution < 1.29 is 9.72 Å². The number of nitro groups is 1. The van der Waals surface area contributed by atoms with Gasteiger partial charge in [-0.2, -0.15) is 0 Å². The highest BCUT2D eigenvalue weighted by atomic mass is 35.5. The third kappa shape index (κ3) is 3.50. The molecule has 0 aliphatic rings. The molecule has 0 aliphatic carbocycles. The zero-order chi connectivity index (χ0) is 15.4. The third-order valence-electron chi connectivity index (χ3n) is 2.65. The van der Waals surface area contributed by atoms with Gasteiger partial charge in [0.1, 0.15) is 5.56 Å². The molecule has 1 amide bonds. The first kappa shape index (κ1) is 15.3. The normalized spacial score (nSPS) is 10.2. The first-order chi connectivity index (χ1) is 10.0. The van der Waals surface area contributed by atoms with Crippen LogP contribution >= 0.6 is 23.4 Å². The maximum absolute atomic E-state index is 12.1. The fraction of sp³-hybridized carbons (Fsp3) is 0.0769. The number of aromatic nitrogens is 1. The maximum atomic E-state index is 12.1. The van der Waals surface area contributed by atoms with E-state index in [9.17, 15) is 14.9 Å². The summed E-state index contributed by atoms with van der Waals surface area (Å²) >= 11 is 7.25. The van der Waals surface area contributed by atoms with Crippen molar-refractivity contribution in [2.45, 2.75) is 4.90 Å². The molecule has 2 rings (SSSR count). The van der Waals surface area contributed by atoms with E-state index in [1.807, 2.05) is 18.4 Å². The number of hydrogen-bond acceptors (Lipinski definition) is 5. The lowest BCUT2D eigenvalue weighted by Crippen LogP contribution is -2.14. The second kappa shape index (κ2) is 6.55. The average molecular weight is 324 g/mol. The summed E-state index contributed by atoms with van der Waals surface area (Å²) in [6.07, 6.45) is 3.19. The quantitative estimate of drug-likeness (QED) is 0.402. The van der Waals surface area contributed by atoms with Crippen molar-refractivity contribution in [2.24, 2.45) is 0 Å². The first-order valence-corrected chi connectivity index (χ1v) is 7.37. The lowest BCUT2D eigenvalue weighted by molar-refractivity contribution is -0.385. The molecule has 0 saturated heterocycles. The van der Waals surface area contributed by atoms with Crippen molar-refractivity contribution in [3.63, 3.8) is 0 Å². The number of hydrogen-bond donors (Lipinski definition) is 1. The van der Waals surface area contributed by atoms with E-state index >= 15 is 0 Å². The van der Waals surface area contributed by atoms with Crippen LogP contribution in [0.5, 0.6) is 0 Å². The number of anilines is 1. The predicted octanol–water partition coefficient (Wildman–Crippen LogP) is 3.62. The molecule has 1 aromatic heterocycles. The van der Waals surface area contributed by atoms with E-state index in [1.165, 1.54) is 12.3 Å². The van der Waals surface area contributed by atoms with E-state index in [0.29, 0.717) is 5.69 Å². The number of carbonyl (C=O) groups excluding carboxylic acids is 1. The molecular formula is C13H10ClN3O3S. The summed E-state index contributed by atoms with van der Waals surface area (Å²) in [5.41, 5.74) is -0.0913. The number of thioether (sulfide) groups is 1. The Morgan fingerprint density at radius 2 is 2.00 bits per heavy atom. The van der Waals surface area contributed by atoms with Gasteiger partial charge in [-0.05, 0) is 36.6 Å². The molecule has 0 fully saturated rings. The van der Waals surface area contributed by atoms with Gasteiger partial charge in [0.05, 0.1) is 4.92 Å². The number of halogens is 1. The van der Waals surface area contributed by atoms with E-state index in [1.54, 1.807) is 23.9 Å². The first-order valence-electron chi connectivity index (χ1n) is 5.77. The van der Waals surface area contributed by atoms with Gasteiger partial charge in [0.2, 0.25) is 5.15 Å². The Bertz CT molecular complexity index is 692. The van der Waals surface area contributed by atoms with E-state index < -0.39 is 16.5 Å². The van der Waals surface area contributed by atoms with Crippen LogP contribution in [-0.2, 0) is 0 Å². The number of benzene rings is 1. The van der Waals surface area contributed by atoms with Gasteiger partial charge in [0.15, 0.2) is 0 Å². The van der Waals surface area contributed by atoms with Gasteiger partial charge in [-0.3, -0.25) is 14.9 Å². The van der Waals surface area contributed by atoms with Crippen LogP contribution in [0.25, 0.3) is 0 Å². The molecule has 0 unspecified atom stereocenters. The number of pyridine rings is 1. The van der Waals surface area contributed by atoms with E-state index in [2.05, 4.69) is 10.3 Å². The SMILES string of the molecule is CSc1ccc(NC(=O)c2ccnc(Cl)c2[N+](=O)[O-])cc1. The largest absolute Gasteiger partial charge is 0.322 e. The topological polar surface area (TPSA) is 85.1 Å². The van der Waals surface area contributed by atoms with Gasteiger partial charge in [-0.25, -0.2) is 4.98 Å². The molecular weight excluding hydrogens is 314 g/mol. The van der Waals surface area contributed by atoms with Crippen LogP contribution < -0.4 is 5.32 Å². The zero-order valence-corrected chi connectivity index (χ0v) is 12.4. The van der Waals surface area contributed by atoms with Gasteiger partial charge in [-0.15, -0.1) is 11.8 Å². The molecule has 1 N–H and O–H groups in total. The Kier molecular flexibility index (Phi) is 4.77. The average Bonchev–Trinajstić information content (AvgIpc) is 2.47. The van der Waals surface area contributed by atoms with Crippen LogP contribution in [-0.4, -0.2) is 22.1 Å². The van der Waals surface area contributed by atoms with Gasteiger partial charge < -0.3 is 5.32 Å². The summed E-state index contributed by atoms with van der Waals surface area (Å²) in [5.74, 6) is -0.608. The van der Waals surface area contributed by atoms with Crippen molar-refractivity contribution in [1.29, 1.82) is 0 Å². The van der Waals surface area contributed by atoms with Gasteiger partial charge >= 0.3 is 5.69 Å². The molecule has 0 bridgehead atoms. The molecule has 0 spiro atoms. The fourth-order valence-electron chi connectivity index (χ4n) is 1.66. The van der Waals surface area contributed by atoms with Gasteiger partial charge in [-0.1, -0.05) is 11.6 Å². The van der Waals surface area contributed by atoms with Crippen molar-refractivity contribution >= 4 is 40.6 Å². The molecule has 6 nitrogen and oxygen atoms in total. The minimum Gasteiger partial charge on any atom is -0.322 e. The van der Waals surface area contributed by atoms with Crippen LogP contribution in [0.4, 0.5) is 11.4 Å². The summed E-state index contributed by atoms with van der Waals surface area (Å²) in [7, 11) is 0. The highest BCUT2D eigenvalue weighted by molar-refractivity contribution is 7.98. The molecule has 1 aromatic carbocycles. The number of rotatable bonds is 4. The molecule has 0 saturated carbocycles. The maximum Gasteiger partial charge on any atom is 0.319 e. The van der Waals surface area contributed by atoms with Crippen molar-refractivity contribution in [3.8, 4) is 0 Å². The van der Waals surface area contributed by atoms with Crippen molar-refractivity contribution in [3.05, 3.63) is 57.4 Å². The lowest BCUT2D eigenvalue weighted by Gasteiger charge is -2.06. The summed E-state index contributed by atoms with van der Waals surface area (Å²) in [6.45, 7) is 0. The van der Waals surface area contributed by atoms with Crippen LogP contribution in [0.15, 0.2) is 41.4 Å². The van der Waals surface area contributed by atoms with Crippen LogP contribution in [0.1, 0.15) is 10.4 Å². The number of nitrogens with zero attached hydrogens (tertiary/aromatic N) is 2. The molecule has 1 heterocycles. The fourth-order valence-corrected chi connectivity index (χ4v) is 2.29. The van der Waals surface area contributed by atoms with Crippen molar-refractivity contribution in [1.82, 2.24) is 4.98 Å². The second-order valence-corrected chi connectivity index (χ2v) is 5.18. The van der Waals surface area contributed by atoms with Crippen molar-refractivity contribution in [2.75, 3.05) is 11.6 Å². The zero-order valence-electron chi connectivity index (χ0n) is 10.9. The van der Waals surface area contributed by atoms with Gasteiger partial charge in [0, 0.05) is 16.8 Å². The van der Waals surface area contributed by atoms with Gasteiger partial charge in [0.25, 0.3) is 5.91 Å². The third-order valence-corrected chi connectivity index (χ3v) is 3.67. The van der Waals surface area contributed by atoms with Crippen LogP contribution in [0.3, 0.4) is 0 Å².